The van der Waals surface area contributed by atoms with E-state index in [1.165, 1.54) is 23.1 Å². The van der Waals surface area contributed by atoms with E-state index < -0.39 is 0 Å². The molecule has 96 valence electrons. The Morgan fingerprint density at radius 3 is 3.00 bits per heavy atom. The van der Waals surface area contributed by atoms with Crippen LogP contribution in [0.2, 0.25) is 0 Å². The minimum atomic E-state index is 0.390. The topological polar surface area (TPSA) is 55.0 Å². The van der Waals surface area contributed by atoms with Crippen LogP contribution in [0.5, 0.6) is 0 Å². The van der Waals surface area contributed by atoms with Crippen LogP contribution in [0.4, 0.5) is 11.8 Å². The molecule has 3 heterocycles. The molecule has 5 heteroatoms. The minimum Gasteiger partial charge on any atom is -0.368 e. The zero-order valence-electron chi connectivity index (χ0n) is 10.8. The quantitative estimate of drug-likeness (QED) is 0.904. The summed E-state index contributed by atoms with van der Waals surface area (Å²) in [6, 6.07) is 2.77. The van der Waals surface area contributed by atoms with Crippen LogP contribution < -0.4 is 10.6 Å². The van der Waals surface area contributed by atoms with Gasteiger partial charge >= 0.3 is 0 Å². The van der Waals surface area contributed by atoms with Gasteiger partial charge in [-0.05, 0) is 32.3 Å². The van der Waals surface area contributed by atoms with Crippen LogP contribution in [0.3, 0.4) is 0 Å². The molecule has 0 bridgehead atoms. The van der Waals surface area contributed by atoms with Gasteiger partial charge in [0.2, 0.25) is 5.95 Å². The van der Waals surface area contributed by atoms with E-state index >= 15 is 0 Å². The van der Waals surface area contributed by atoms with E-state index in [4.69, 9.17) is 5.73 Å². The second kappa shape index (κ2) is 4.39. The van der Waals surface area contributed by atoms with Gasteiger partial charge in [0.05, 0.1) is 5.39 Å². The number of thiophene rings is 1. The van der Waals surface area contributed by atoms with Crippen molar-refractivity contribution in [3.63, 3.8) is 0 Å². The summed E-state index contributed by atoms with van der Waals surface area (Å²) >= 11 is 1.73. The highest BCUT2D eigenvalue weighted by molar-refractivity contribution is 7.18. The van der Waals surface area contributed by atoms with Gasteiger partial charge in [0.25, 0.3) is 0 Å². The number of nitrogens with zero attached hydrogens (tertiary/aromatic N) is 3. The molecule has 3 rings (SSSR count). The smallest absolute Gasteiger partial charge is 0.223 e. The molecule has 0 spiro atoms. The molecule has 1 unspecified atom stereocenters. The molecule has 0 saturated carbocycles. The maximum absolute atomic E-state index is 5.85. The summed E-state index contributed by atoms with van der Waals surface area (Å²) in [4.78, 5) is 13.6. The standard InChI is InChI=1S/C13H18N4S/c1-3-9-7-10-11(17-6-4-5-8(17)2)15-13(14)16-12(10)18-9/h7-8H,3-6H2,1-2H3,(H2,14,15,16). The highest BCUT2D eigenvalue weighted by atomic mass is 32.1. The molecule has 1 fully saturated rings. The van der Waals surface area contributed by atoms with E-state index in [9.17, 15) is 0 Å². The molecule has 0 radical (unpaired) electrons. The van der Waals surface area contributed by atoms with E-state index in [1.807, 2.05) is 0 Å². The maximum Gasteiger partial charge on any atom is 0.223 e. The highest BCUT2D eigenvalue weighted by Gasteiger charge is 2.24. The summed E-state index contributed by atoms with van der Waals surface area (Å²) in [5, 5.41) is 1.17. The summed E-state index contributed by atoms with van der Waals surface area (Å²) in [6.45, 7) is 5.49. The molecule has 4 nitrogen and oxygen atoms in total. The lowest BCUT2D eigenvalue weighted by molar-refractivity contribution is 0.729. The van der Waals surface area contributed by atoms with Crippen LogP contribution in [0.25, 0.3) is 10.2 Å². The monoisotopic (exact) mass is 262 g/mol. The SMILES string of the molecule is CCc1cc2c(N3CCCC3C)nc(N)nc2s1. The van der Waals surface area contributed by atoms with Gasteiger partial charge in [-0.25, -0.2) is 4.98 Å². The van der Waals surface area contributed by atoms with Gasteiger partial charge < -0.3 is 10.6 Å². The fourth-order valence-corrected chi connectivity index (χ4v) is 3.58. The molecule has 1 aliphatic heterocycles. The van der Waals surface area contributed by atoms with Gasteiger partial charge in [0.1, 0.15) is 10.6 Å². The molecular weight excluding hydrogens is 244 g/mol. The fraction of sp³-hybridized carbons (Fsp3) is 0.538. The lowest BCUT2D eigenvalue weighted by Crippen LogP contribution is -2.27. The molecule has 2 N–H and O–H groups in total. The summed E-state index contributed by atoms with van der Waals surface area (Å²) in [6.07, 6.45) is 3.50. The van der Waals surface area contributed by atoms with Crippen LogP contribution in [0.15, 0.2) is 6.07 Å². The number of aryl methyl sites for hydroxylation is 1. The summed E-state index contributed by atoms with van der Waals surface area (Å²) < 4.78 is 0. The van der Waals surface area contributed by atoms with Crippen molar-refractivity contribution in [2.24, 2.45) is 0 Å². The van der Waals surface area contributed by atoms with Crippen molar-refractivity contribution in [1.82, 2.24) is 9.97 Å². The van der Waals surface area contributed by atoms with Crippen LogP contribution in [0.1, 0.15) is 31.6 Å². The second-order valence-electron chi connectivity index (χ2n) is 4.88. The lowest BCUT2D eigenvalue weighted by Gasteiger charge is -2.23. The number of hydrogen-bond acceptors (Lipinski definition) is 5. The van der Waals surface area contributed by atoms with Crippen molar-refractivity contribution in [3.05, 3.63) is 10.9 Å². The molecule has 1 atom stereocenters. The summed E-state index contributed by atoms with van der Waals surface area (Å²) in [5.74, 6) is 1.42. The molecule has 0 amide bonds. The van der Waals surface area contributed by atoms with E-state index in [0.29, 0.717) is 12.0 Å². The summed E-state index contributed by atoms with van der Waals surface area (Å²) in [5.41, 5.74) is 5.85. The number of nitrogen functional groups attached to an aromatic ring is 1. The van der Waals surface area contributed by atoms with Gasteiger partial charge in [-0.15, -0.1) is 11.3 Å². The van der Waals surface area contributed by atoms with E-state index in [2.05, 4.69) is 34.8 Å². The van der Waals surface area contributed by atoms with Crippen LogP contribution in [0, 0.1) is 0 Å². The van der Waals surface area contributed by atoms with Crippen molar-refractivity contribution in [2.75, 3.05) is 17.2 Å². The van der Waals surface area contributed by atoms with E-state index in [1.54, 1.807) is 11.3 Å². The van der Waals surface area contributed by atoms with E-state index in [-0.39, 0.29) is 0 Å². The fourth-order valence-electron chi connectivity index (χ4n) is 2.61. The second-order valence-corrected chi connectivity index (χ2v) is 5.99. The zero-order valence-corrected chi connectivity index (χ0v) is 11.6. The van der Waals surface area contributed by atoms with Gasteiger partial charge in [-0.1, -0.05) is 6.92 Å². The minimum absolute atomic E-state index is 0.390. The Bertz CT molecular complexity index is 578. The Labute approximate surface area is 111 Å². The number of hydrogen-bond donors (Lipinski definition) is 1. The van der Waals surface area contributed by atoms with Crippen LogP contribution >= 0.6 is 11.3 Å². The Morgan fingerprint density at radius 1 is 1.50 bits per heavy atom. The molecule has 18 heavy (non-hydrogen) atoms. The Balaban J connectivity index is 2.17. The molecule has 1 saturated heterocycles. The van der Waals surface area contributed by atoms with Gasteiger partial charge in [0.15, 0.2) is 0 Å². The highest BCUT2D eigenvalue weighted by Crippen LogP contribution is 2.34. The van der Waals surface area contributed by atoms with Crippen molar-refractivity contribution in [1.29, 1.82) is 0 Å². The average molecular weight is 262 g/mol. The lowest BCUT2D eigenvalue weighted by atomic mass is 10.2. The first-order valence-electron chi connectivity index (χ1n) is 6.51. The van der Waals surface area contributed by atoms with E-state index in [0.717, 1.165) is 23.6 Å². The largest absolute Gasteiger partial charge is 0.368 e. The third kappa shape index (κ3) is 1.82. The number of aromatic nitrogens is 2. The third-order valence-electron chi connectivity index (χ3n) is 3.61. The predicted molar refractivity (Wildman–Crippen MR) is 77.2 cm³/mol. The van der Waals surface area contributed by atoms with Gasteiger partial charge in [-0.3, -0.25) is 0 Å². The molecule has 0 aromatic carbocycles. The number of nitrogens with two attached hydrogens (primary N) is 1. The maximum atomic E-state index is 5.85. The Morgan fingerprint density at radius 2 is 2.33 bits per heavy atom. The van der Waals surface area contributed by atoms with Gasteiger partial charge in [0, 0.05) is 17.5 Å². The molecule has 2 aromatic heterocycles. The number of fused-ring (bicyclic) bond motifs is 1. The normalized spacial score (nSPS) is 19.9. The summed E-state index contributed by atoms with van der Waals surface area (Å²) in [7, 11) is 0. The zero-order chi connectivity index (χ0) is 12.7. The Hall–Kier alpha value is -1.36. The predicted octanol–water partition coefficient (Wildman–Crippen LogP) is 2.82. The average Bonchev–Trinajstić information content (AvgIpc) is 2.93. The first kappa shape index (κ1) is 11.7. The molecule has 0 aliphatic carbocycles. The van der Waals surface area contributed by atoms with Crippen LogP contribution in [-0.2, 0) is 6.42 Å². The van der Waals surface area contributed by atoms with Crippen molar-refractivity contribution < 1.29 is 0 Å². The molecule has 2 aromatic rings. The van der Waals surface area contributed by atoms with Gasteiger partial charge in [-0.2, -0.15) is 4.98 Å². The molecular formula is C13H18N4S. The number of anilines is 2. The van der Waals surface area contributed by atoms with Crippen LogP contribution in [-0.4, -0.2) is 22.6 Å². The molecule has 1 aliphatic rings. The first-order valence-corrected chi connectivity index (χ1v) is 7.33. The van der Waals surface area contributed by atoms with Crippen molar-refractivity contribution in [3.8, 4) is 0 Å². The Kier molecular flexibility index (Phi) is 2.86. The first-order chi connectivity index (χ1) is 8.69. The van der Waals surface area contributed by atoms with Crippen molar-refractivity contribution >= 4 is 33.3 Å². The van der Waals surface area contributed by atoms with Crippen molar-refractivity contribution in [2.45, 2.75) is 39.2 Å². The third-order valence-corrected chi connectivity index (χ3v) is 4.79. The number of rotatable bonds is 2.